The van der Waals surface area contributed by atoms with Crippen molar-refractivity contribution >= 4 is 29.0 Å². The molecule has 1 aliphatic carbocycles. The maximum absolute atomic E-state index is 12.4. The van der Waals surface area contributed by atoms with Crippen LogP contribution in [0.4, 0.5) is 5.69 Å². The molecule has 0 aromatic heterocycles. The molecule has 0 radical (unpaired) electrons. The summed E-state index contributed by atoms with van der Waals surface area (Å²) in [5.74, 6) is 1.14. The Morgan fingerprint density at radius 1 is 1.14 bits per heavy atom. The van der Waals surface area contributed by atoms with Crippen LogP contribution < -0.4 is 5.32 Å². The first kappa shape index (κ1) is 20.0. The SMILES string of the molecule is CN(C)C(=O)c1ccc2c(c1)CC1(CCCCC1)C(=NCc1cccc(Cl)c1)N2. The van der Waals surface area contributed by atoms with Crippen molar-refractivity contribution in [1.82, 2.24) is 4.90 Å². The summed E-state index contributed by atoms with van der Waals surface area (Å²) in [5, 5.41) is 4.38. The summed E-state index contributed by atoms with van der Waals surface area (Å²) in [6, 6.07) is 13.9. The van der Waals surface area contributed by atoms with E-state index >= 15 is 0 Å². The molecule has 1 fully saturated rings. The molecule has 0 saturated heterocycles. The number of halogens is 1. The van der Waals surface area contributed by atoms with Gasteiger partial charge in [-0.1, -0.05) is 43.0 Å². The van der Waals surface area contributed by atoms with Gasteiger partial charge in [-0.05, 0) is 60.7 Å². The minimum atomic E-state index is 0.0453. The first-order valence-corrected chi connectivity index (χ1v) is 10.8. The number of carbonyl (C=O) groups is 1. The van der Waals surface area contributed by atoms with Gasteiger partial charge in [0.25, 0.3) is 5.91 Å². The third kappa shape index (κ3) is 4.18. The summed E-state index contributed by atoms with van der Waals surface area (Å²) in [7, 11) is 3.59. The Kier molecular flexibility index (Phi) is 5.64. The van der Waals surface area contributed by atoms with E-state index in [4.69, 9.17) is 16.6 Å². The molecule has 5 heteroatoms. The van der Waals surface area contributed by atoms with E-state index < -0.39 is 0 Å². The molecule has 1 spiro atoms. The number of anilines is 1. The molecule has 4 rings (SSSR count). The van der Waals surface area contributed by atoms with Crippen molar-refractivity contribution < 1.29 is 4.79 Å². The lowest BCUT2D eigenvalue weighted by atomic mass is 9.67. The van der Waals surface area contributed by atoms with Gasteiger partial charge in [0.2, 0.25) is 0 Å². The van der Waals surface area contributed by atoms with Gasteiger partial charge in [-0.15, -0.1) is 0 Å². The quantitative estimate of drug-likeness (QED) is 0.721. The van der Waals surface area contributed by atoms with Crippen LogP contribution in [0.1, 0.15) is 53.6 Å². The fraction of sp³-hybridized carbons (Fsp3) is 0.417. The van der Waals surface area contributed by atoms with Gasteiger partial charge in [0.05, 0.1) is 6.54 Å². The Morgan fingerprint density at radius 3 is 2.66 bits per heavy atom. The van der Waals surface area contributed by atoms with Gasteiger partial charge in [0.1, 0.15) is 5.84 Å². The molecule has 0 unspecified atom stereocenters. The highest BCUT2D eigenvalue weighted by Crippen LogP contribution is 2.45. The largest absolute Gasteiger partial charge is 0.345 e. The summed E-state index contributed by atoms with van der Waals surface area (Å²) in [6.07, 6.45) is 6.96. The number of rotatable bonds is 3. The van der Waals surface area contributed by atoms with Crippen LogP contribution in [0.3, 0.4) is 0 Å². The molecule has 1 heterocycles. The second kappa shape index (κ2) is 8.19. The van der Waals surface area contributed by atoms with Crippen molar-refractivity contribution in [2.24, 2.45) is 10.4 Å². The molecule has 1 amide bonds. The lowest BCUT2D eigenvalue weighted by Crippen LogP contribution is -2.43. The molecular weight excluding hydrogens is 382 g/mol. The fourth-order valence-electron chi connectivity index (χ4n) is 4.62. The molecular formula is C24H28ClN3O. The van der Waals surface area contributed by atoms with Crippen molar-refractivity contribution in [2.75, 3.05) is 19.4 Å². The normalized spacial score (nSPS) is 18.9. The van der Waals surface area contributed by atoms with E-state index in [2.05, 4.69) is 17.4 Å². The summed E-state index contributed by atoms with van der Waals surface area (Å²) in [5.41, 5.74) is 4.21. The highest BCUT2D eigenvalue weighted by Gasteiger charge is 2.41. The number of fused-ring (bicyclic) bond motifs is 1. The van der Waals surface area contributed by atoms with E-state index in [0.29, 0.717) is 6.54 Å². The van der Waals surface area contributed by atoms with Gasteiger partial charge in [-0.2, -0.15) is 0 Å². The van der Waals surface area contributed by atoms with Crippen LogP contribution in [-0.2, 0) is 13.0 Å². The average Bonchev–Trinajstić information content (AvgIpc) is 2.72. The third-order valence-corrected chi connectivity index (χ3v) is 6.40. The molecule has 2 aliphatic rings. The van der Waals surface area contributed by atoms with Gasteiger partial charge in [-0.25, -0.2) is 0 Å². The Balaban J connectivity index is 1.67. The minimum Gasteiger partial charge on any atom is -0.345 e. The molecule has 1 saturated carbocycles. The van der Waals surface area contributed by atoms with Gasteiger partial charge in [0, 0.05) is 35.8 Å². The highest BCUT2D eigenvalue weighted by atomic mass is 35.5. The Morgan fingerprint density at radius 2 is 1.93 bits per heavy atom. The fourth-order valence-corrected chi connectivity index (χ4v) is 4.83. The molecule has 0 atom stereocenters. The second-order valence-electron chi connectivity index (χ2n) is 8.51. The zero-order valence-corrected chi connectivity index (χ0v) is 17.9. The lowest BCUT2D eigenvalue weighted by Gasteiger charge is -2.42. The molecule has 2 aromatic carbocycles. The van der Waals surface area contributed by atoms with Gasteiger partial charge < -0.3 is 10.2 Å². The van der Waals surface area contributed by atoms with Crippen LogP contribution in [0.5, 0.6) is 0 Å². The van der Waals surface area contributed by atoms with Crippen molar-refractivity contribution in [1.29, 1.82) is 0 Å². The number of nitrogens with one attached hydrogen (secondary N) is 1. The number of hydrogen-bond acceptors (Lipinski definition) is 2. The number of amides is 1. The highest BCUT2D eigenvalue weighted by molar-refractivity contribution is 6.30. The number of hydrogen-bond donors (Lipinski definition) is 1. The van der Waals surface area contributed by atoms with Gasteiger partial charge in [-0.3, -0.25) is 9.79 Å². The number of carbonyl (C=O) groups excluding carboxylic acids is 1. The predicted octanol–water partition coefficient (Wildman–Crippen LogP) is 5.56. The molecule has 4 nitrogen and oxygen atoms in total. The first-order valence-electron chi connectivity index (χ1n) is 10.4. The van der Waals surface area contributed by atoms with E-state index in [0.717, 1.165) is 46.9 Å². The minimum absolute atomic E-state index is 0.0453. The standard InChI is InChI=1S/C24H28ClN3O/c1-28(2)22(29)18-9-10-21-19(14-18)15-24(11-4-3-5-12-24)23(27-21)26-16-17-7-6-8-20(25)13-17/h6-10,13-14H,3-5,11-12,15-16H2,1-2H3,(H,26,27). The summed E-state index contributed by atoms with van der Waals surface area (Å²) < 4.78 is 0. The first-order chi connectivity index (χ1) is 14.0. The third-order valence-electron chi connectivity index (χ3n) is 6.16. The van der Waals surface area contributed by atoms with E-state index in [9.17, 15) is 4.79 Å². The topological polar surface area (TPSA) is 44.7 Å². The summed E-state index contributed by atoms with van der Waals surface area (Å²) >= 11 is 6.14. The van der Waals surface area contributed by atoms with Crippen molar-refractivity contribution in [3.05, 3.63) is 64.2 Å². The molecule has 2 aromatic rings. The Hall–Kier alpha value is -2.33. The van der Waals surface area contributed by atoms with E-state index in [1.54, 1.807) is 19.0 Å². The number of nitrogens with zero attached hydrogens (tertiary/aromatic N) is 2. The van der Waals surface area contributed by atoms with Crippen LogP contribution in [0.25, 0.3) is 0 Å². The van der Waals surface area contributed by atoms with Crippen LogP contribution in [0, 0.1) is 5.41 Å². The smallest absolute Gasteiger partial charge is 0.253 e. The van der Waals surface area contributed by atoms with Crippen LogP contribution in [-0.4, -0.2) is 30.7 Å². The van der Waals surface area contributed by atoms with Crippen molar-refractivity contribution in [2.45, 2.75) is 45.1 Å². The zero-order valence-electron chi connectivity index (χ0n) is 17.2. The van der Waals surface area contributed by atoms with Crippen molar-refractivity contribution in [3.8, 4) is 0 Å². The van der Waals surface area contributed by atoms with Gasteiger partial charge >= 0.3 is 0 Å². The molecule has 29 heavy (non-hydrogen) atoms. The van der Waals surface area contributed by atoms with Crippen molar-refractivity contribution in [3.63, 3.8) is 0 Å². The van der Waals surface area contributed by atoms with E-state index in [1.807, 2.05) is 30.3 Å². The molecule has 152 valence electrons. The van der Waals surface area contributed by atoms with Crippen LogP contribution in [0.2, 0.25) is 5.02 Å². The molecule has 1 N–H and O–H groups in total. The zero-order chi connectivity index (χ0) is 20.4. The summed E-state index contributed by atoms with van der Waals surface area (Å²) in [4.78, 5) is 19.1. The van der Waals surface area contributed by atoms with Crippen LogP contribution >= 0.6 is 11.6 Å². The average molecular weight is 410 g/mol. The maximum Gasteiger partial charge on any atom is 0.253 e. The molecule has 1 aliphatic heterocycles. The lowest BCUT2D eigenvalue weighted by molar-refractivity contribution is 0.0827. The van der Waals surface area contributed by atoms with E-state index in [-0.39, 0.29) is 11.3 Å². The Bertz CT molecular complexity index is 945. The Labute approximate surface area is 178 Å². The number of amidine groups is 1. The monoisotopic (exact) mass is 409 g/mol. The number of aliphatic imine (C=N–C) groups is 1. The van der Waals surface area contributed by atoms with Crippen LogP contribution in [0.15, 0.2) is 47.5 Å². The number of benzene rings is 2. The predicted molar refractivity (Wildman–Crippen MR) is 120 cm³/mol. The van der Waals surface area contributed by atoms with E-state index in [1.165, 1.54) is 24.8 Å². The second-order valence-corrected chi connectivity index (χ2v) is 8.95. The summed E-state index contributed by atoms with van der Waals surface area (Å²) in [6.45, 7) is 0.622. The maximum atomic E-state index is 12.4. The molecule has 0 bridgehead atoms. The van der Waals surface area contributed by atoms with Gasteiger partial charge in [0.15, 0.2) is 0 Å².